The zero-order chi connectivity index (χ0) is 15.6. The Bertz CT molecular complexity index is 572. The third-order valence-electron chi connectivity index (χ3n) is 4.66. The number of carbonyl (C=O) groups excluding carboxylic acids is 2. The highest BCUT2D eigenvalue weighted by Crippen LogP contribution is 2.45. The average molecular weight is 298 g/mol. The Hall–Kier alpha value is -2.10. The van der Waals surface area contributed by atoms with E-state index in [0.29, 0.717) is 6.54 Å². The molecule has 4 nitrogen and oxygen atoms in total. The normalized spacial score (nSPS) is 18.8. The Morgan fingerprint density at radius 1 is 1.18 bits per heavy atom. The van der Waals surface area contributed by atoms with Crippen LogP contribution in [0.15, 0.2) is 43.0 Å². The highest BCUT2D eigenvalue weighted by Gasteiger charge is 2.57. The first-order valence-corrected chi connectivity index (χ1v) is 7.95. The van der Waals surface area contributed by atoms with Crippen molar-refractivity contribution in [2.75, 3.05) is 13.1 Å². The van der Waals surface area contributed by atoms with E-state index in [4.69, 9.17) is 0 Å². The van der Waals surface area contributed by atoms with Crippen molar-refractivity contribution in [3.63, 3.8) is 0 Å². The molecule has 1 aliphatic heterocycles. The molecule has 2 aliphatic rings. The largest absolute Gasteiger partial charge is 0.341 e. The molecule has 0 unspecified atom stereocenters. The molecule has 0 N–H and O–H groups in total. The minimum Gasteiger partial charge on any atom is -0.341 e. The van der Waals surface area contributed by atoms with Crippen LogP contribution in [0.1, 0.15) is 31.2 Å². The molecule has 1 aromatic carbocycles. The van der Waals surface area contributed by atoms with E-state index in [0.717, 1.165) is 44.3 Å². The lowest BCUT2D eigenvalue weighted by atomic mass is 10.1. The van der Waals surface area contributed by atoms with Gasteiger partial charge in [0, 0.05) is 19.6 Å². The van der Waals surface area contributed by atoms with Gasteiger partial charge in [0.05, 0.1) is 0 Å². The third-order valence-corrected chi connectivity index (χ3v) is 4.66. The fourth-order valence-electron chi connectivity index (χ4n) is 3.25. The first kappa shape index (κ1) is 14.8. The summed E-state index contributed by atoms with van der Waals surface area (Å²) in [4.78, 5) is 28.9. The molecule has 1 aromatic rings. The fraction of sp³-hybridized carbons (Fsp3) is 0.444. The smallest absolute Gasteiger partial charge is 0.248 e. The van der Waals surface area contributed by atoms with E-state index in [1.807, 2.05) is 35.2 Å². The van der Waals surface area contributed by atoms with Gasteiger partial charge in [-0.1, -0.05) is 36.9 Å². The van der Waals surface area contributed by atoms with Gasteiger partial charge >= 0.3 is 0 Å². The molecule has 116 valence electrons. The standard InChI is InChI=1S/C18H22N2O2/c1-2-16(21)20(14-15-8-4-3-5-9-15)18(10-11-18)17(22)19-12-6-7-13-19/h2-5,8-9H,1,6-7,10-14H2. The quantitative estimate of drug-likeness (QED) is 0.783. The van der Waals surface area contributed by atoms with Crippen LogP contribution in [0.3, 0.4) is 0 Å². The molecule has 1 aliphatic carbocycles. The Morgan fingerprint density at radius 3 is 2.36 bits per heavy atom. The van der Waals surface area contributed by atoms with E-state index in [1.54, 1.807) is 4.90 Å². The first-order valence-electron chi connectivity index (χ1n) is 7.95. The summed E-state index contributed by atoms with van der Waals surface area (Å²) in [6.07, 6.45) is 4.97. The predicted octanol–water partition coefficient (Wildman–Crippen LogP) is 2.36. The van der Waals surface area contributed by atoms with Crippen molar-refractivity contribution in [3.05, 3.63) is 48.6 Å². The second-order valence-electron chi connectivity index (χ2n) is 6.14. The topological polar surface area (TPSA) is 40.6 Å². The SMILES string of the molecule is C=CC(=O)N(Cc1ccccc1)C1(C(=O)N2CCCC2)CC1. The highest BCUT2D eigenvalue weighted by molar-refractivity contribution is 5.97. The van der Waals surface area contributed by atoms with Gasteiger partial charge in [0.25, 0.3) is 0 Å². The molecule has 1 heterocycles. The lowest BCUT2D eigenvalue weighted by molar-refractivity contribution is -0.145. The van der Waals surface area contributed by atoms with Gasteiger partial charge in [-0.2, -0.15) is 0 Å². The molecule has 2 amide bonds. The van der Waals surface area contributed by atoms with E-state index < -0.39 is 5.54 Å². The predicted molar refractivity (Wildman–Crippen MR) is 85.0 cm³/mol. The maximum atomic E-state index is 12.9. The second kappa shape index (κ2) is 5.95. The Kier molecular flexibility index (Phi) is 4.01. The molecule has 0 radical (unpaired) electrons. The molecule has 3 rings (SSSR count). The molecular formula is C18H22N2O2. The first-order chi connectivity index (χ1) is 10.7. The van der Waals surface area contributed by atoms with Crippen LogP contribution >= 0.6 is 0 Å². The van der Waals surface area contributed by atoms with Gasteiger partial charge < -0.3 is 9.80 Å². The maximum Gasteiger partial charge on any atom is 0.248 e. The van der Waals surface area contributed by atoms with Crippen LogP contribution in [0.5, 0.6) is 0 Å². The molecule has 1 saturated heterocycles. The van der Waals surface area contributed by atoms with Gasteiger partial charge in [-0.25, -0.2) is 0 Å². The minimum absolute atomic E-state index is 0.121. The zero-order valence-electron chi connectivity index (χ0n) is 12.8. The molecule has 1 saturated carbocycles. The van der Waals surface area contributed by atoms with Crippen molar-refractivity contribution in [2.24, 2.45) is 0 Å². The van der Waals surface area contributed by atoms with Crippen LogP contribution in [-0.2, 0) is 16.1 Å². The molecule has 2 fully saturated rings. The van der Waals surface area contributed by atoms with Crippen LogP contribution in [0, 0.1) is 0 Å². The van der Waals surface area contributed by atoms with E-state index in [-0.39, 0.29) is 11.8 Å². The molecular weight excluding hydrogens is 276 g/mol. The second-order valence-corrected chi connectivity index (χ2v) is 6.14. The van der Waals surface area contributed by atoms with Gasteiger partial charge in [-0.3, -0.25) is 9.59 Å². The Labute approximate surface area is 131 Å². The summed E-state index contributed by atoms with van der Waals surface area (Å²) in [5.41, 5.74) is 0.407. The van der Waals surface area contributed by atoms with Gasteiger partial charge in [0.2, 0.25) is 11.8 Å². The number of carbonyl (C=O) groups is 2. The van der Waals surface area contributed by atoms with Crippen LogP contribution < -0.4 is 0 Å². The summed E-state index contributed by atoms with van der Waals surface area (Å²) in [6, 6.07) is 9.83. The Balaban J connectivity index is 1.83. The fourth-order valence-corrected chi connectivity index (χ4v) is 3.25. The summed E-state index contributed by atoms with van der Waals surface area (Å²) in [6.45, 7) is 5.71. The summed E-state index contributed by atoms with van der Waals surface area (Å²) < 4.78 is 0. The van der Waals surface area contributed by atoms with Crippen LogP contribution in [0.4, 0.5) is 0 Å². The maximum absolute atomic E-state index is 12.9. The van der Waals surface area contributed by atoms with Crippen LogP contribution in [0.2, 0.25) is 0 Å². The van der Waals surface area contributed by atoms with Gasteiger partial charge in [0.1, 0.15) is 5.54 Å². The van der Waals surface area contributed by atoms with Crippen molar-refractivity contribution in [2.45, 2.75) is 37.8 Å². The molecule has 22 heavy (non-hydrogen) atoms. The molecule has 0 atom stereocenters. The molecule has 0 aromatic heterocycles. The minimum atomic E-state index is -0.633. The summed E-state index contributed by atoms with van der Waals surface area (Å²) >= 11 is 0. The number of benzene rings is 1. The van der Waals surface area contributed by atoms with Crippen molar-refractivity contribution in [1.29, 1.82) is 0 Å². The van der Waals surface area contributed by atoms with Crippen molar-refractivity contribution in [3.8, 4) is 0 Å². The summed E-state index contributed by atoms with van der Waals surface area (Å²) in [5.74, 6) is -0.0370. The van der Waals surface area contributed by atoms with Crippen LogP contribution in [0.25, 0.3) is 0 Å². The Morgan fingerprint density at radius 2 is 1.82 bits per heavy atom. The van der Waals surface area contributed by atoms with Crippen LogP contribution in [-0.4, -0.2) is 40.2 Å². The van der Waals surface area contributed by atoms with E-state index >= 15 is 0 Å². The van der Waals surface area contributed by atoms with Gasteiger partial charge in [0.15, 0.2) is 0 Å². The van der Waals surface area contributed by atoms with E-state index in [1.165, 1.54) is 6.08 Å². The molecule has 4 heteroatoms. The van der Waals surface area contributed by atoms with Gasteiger partial charge in [-0.05, 0) is 37.3 Å². The van der Waals surface area contributed by atoms with E-state index in [9.17, 15) is 9.59 Å². The van der Waals surface area contributed by atoms with Crippen molar-refractivity contribution < 1.29 is 9.59 Å². The van der Waals surface area contributed by atoms with Gasteiger partial charge in [-0.15, -0.1) is 0 Å². The van der Waals surface area contributed by atoms with E-state index in [2.05, 4.69) is 6.58 Å². The lowest BCUT2D eigenvalue weighted by Gasteiger charge is -2.33. The number of rotatable bonds is 5. The monoisotopic (exact) mass is 298 g/mol. The zero-order valence-corrected chi connectivity index (χ0v) is 12.8. The number of hydrogen-bond donors (Lipinski definition) is 0. The van der Waals surface area contributed by atoms with Crippen molar-refractivity contribution in [1.82, 2.24) is 9.80 Å². The highest BCUT2D eigenvalue weighted by atomic mass is 16.2. The number of amides is 2. The third kappa shape index (κ3) is 2.65. The summed E-state index contributed by atoms with van der Waals surface area (Å²) in [5, 5.41) is 0. The van der Waals surface area contributed by atoms with Crippen molar-refractivity contribution >= 4 is 11.8 Å². The number of likely N-dealkylation sites (tertiary alicyclic amines) is 1. The molecule has 0 spiro atoms. The number of hydrogen-bond acceptors (Lipinski definition) is 2. The summed E-state index contributed by atoms with van der Waals surface area (Å²) in [7, 11) is 0. The average Bonchev–Trinajstić information content (AvgIpc) is 3.17. The lowest BCUT2D eigenvalue weighted by Crippen LogP contribution is -2.51. The number of nitrogens with zero attached hydrogens (tertiary/aromatic N) is 2. The molecule has 0 bridgehead atoms.